The molecule has 0 unspecified atom stereocenters. The minimum absolute atomic E-state index is 0.353. The summed E-state index contributed by atoms with van der Waals surface area (Å²) in [6, 6.07) is 12.6. The van der Waals surface area contributed by atoms with Gasteiger partial charge in [-0.15, -0.1) is 0 Å². The number of nitrogens with one attached hydrogen (secondary N) is 2. The summed E-state index contributed by atoms with van der Waals surface area (Å²) in [5, 5.41) is 4.34. The van der Waals surface area contributed by atoms with Crippen LogP contribution < -0.4 is 5.32 Å². The number of imidazole rings is 1. The lowest BCUT2D eigenvalue weighted by Gasteiger charge is -2.33. The van der Waals surface area contributed by atoms with Crippen molar-refractivity contribution >= 4 is 38.6 Å². The molecule has 2 aromatic carbocycles. The molecule has 1 aliphatic heterocycles. The molecule has 5 heteroatoms. The topological polar surface area (TPSA) is 40.7 Å². The average Bonchev–Trinajstić information content (AvgIpc) is 3.04. The highest BCUT2D eigenvalue weighted by molar-refractivity contribution is 9.10. The number of hydrogen-bond donors (Lipinski definition) is 2. The van der Waals surface area contributed by atoms with Gasteiger partial charge in [-0.3, -0.25) is 0 Å². The molecule has 3 nitrogen and oxygen atoms in total. The van der Waals surface area contributed by atoms with Gasteiger partial charge >= 0.3 is 0 Å². The van der Waals surface area contributed by atoms with Crippen molar-refractivity contribution in [3.8, 4) is 0 Å². The first-order valence-electron chi connectivity index (χ1n) is 7.81. The zero-order chi connectivity index (χ0) is 15.8. The standard InChI is InChI=1S/C18H17BrClN3/c19-11-4-5-13(16(20)8-11)15-9-21-7-6-12(15)14-2-1-3-17-18(14)23-10-22-17/h1-5,8,10,12,15,21H,6-7,9H2,(H,22,23)/t12-,15+/m0/s1. The van der Waals surface area contributed by atoms with Crippen molar-refractivity contribution < 1.29 is 0 Å². The summed E-state index contributed by atoms with van der Waals surface area (Å²) in [4.78, 5) is 7.76. The van der Waals surface area contributed by atoms with Gasteiger partial charge in [-0.25, -0.2) is 4.98 Å². The monoisotopic (exact) mass is 389 g/mol. The maximum atomic E-state index is 6.53. The largest absolute Gasteiger partial charge is 0.345 e. The second-order valence-electron chi connectivity index (χ2n) is 6.02. The van der Waals surface area contributed by atoms with Crippen LogP contribution in [0, 0.1) is 0 Å². The Labute approximate surface area is 148 Å². The van der Waals surface area contributed by atoms with E-state index in [1.165, 1.54) is 11.1 Å². The van der Waals surface area contributed by atoms with Gasteiger partial charge in [-0.2, -0.15) is 0 Å². The van der Waals surface area contributed by atoms with Crippen LogP contribution in [0.4, 0.5) is 0 Å². The van der Waals surface area contributed by atoms with Crippen LogP contribution in [-0.2, 0) is 0 Å². The van der Waals surface area contributed by atoms with Crippen molar-refractivity contribution in [2.45, 2.75) is 18.3 Å². The number of hydrogen-bond acceptors (Lipinski definition) is 2. The zero-order valence-corrected chi connectivity index (χ0v) is 14.9. The molecule has 2 heterocycles. The van der Waals surface area contributed by atoms with Crippen LogP contribution in [0.5, 0.6) is 0 Å². The molecule has 0 saturated carbocycles. The van der Waals surface area contributed by atoms with Crippen LogP contribution in [0.1, 0.15) is 29.4 Å². The molecule has 3 aromatic rings. The maximum absolute atomic E-state index is 6.53. The number of piperidine rings is 1. The Morgan fingerprint density at radius 3 is 2.91 bits per heavy atom. The van der Waals surface area contributed by atoms with E-state index in [4.69, 9.17) is 11.6 Å². The molecule has 118 valence electrons. The predicted octanol–water partition coefficient (Wildman–Crippen LogP) is 4.84. The first-order chi connectivity index (χ1) is 11.2. The highest BCUT2D eigenvalue weighted by Crippen LogP contribution is 2.42. The van der Waals surface area contributed by atoms with E-state index in [9.17, 15) is 0 Å². The fourth-order valence-electron chi connectivity index (χ4n) is 3.65. The fraction of sp³-hybridized carbons (Fsp3) is 0.278. The number of aromatic amines is 1. The lowest BCUT2D eigenvalue weighted by molar-refractivity contribution is 0.405. The lowest BCUT2D eigenvalue weighted by atomic mass is 9.77. The van der Waals surface area contributed by atoms with Gasteiger partial charge in [0.25, 0.3) is 0 Å². The first-order valence-corrected chi connectivity index (χ1v) is 8.99. The van der Waals surface area contributed by atoms with Crippen LogP contribution in [0.3, 0.4) is 0 Å². The number of rotatable bonds is 2. The summed E-state index contributed by atoms with van der Waals surface area (Å²) in [6.45, 7) is 1.96. The second kappa shape index (κ2) is 6.27. The van der Waals surface area contributed by atoms with Crippen molar-refractivity contribution in [1.82, 2.24) is 15.3 Å². The van der Waals surface area contributed by atoms with E-state index in [1.54, 1.807) is 6.33 Å². The van der Waals surface area contributed by atoms with E-state index >= 15 is 0 Å². The van der Waals surface area contributed by atoms with Crippen LogP contribution in [-0.4, -0.2) is 23.1 Å². The van der Waals surface area contributed by atoms with Crippen molar-refractivity contribution in [3.05, 3.63) is 63.3 Å². The van der Waals surface area contributed by atoms with Crippen molar-refractivity contribution in [2.24, 2.45) is 0 Å². The number of aromatic nitrogens is 2. The van der Waals surface area contributed by atoms with Gasteiger partial charge in [0.2, 0.25) is 0 Å². The molecule has 2 atom stereocenters. The Balaban J connectivity index is 1.80. The molecule has 1 saturated heterocycles. The normalized spacial score (nSPS) is 21.7. The highest BCUT2D eigenvalue weighted by atomic mass is 79.9. The van der Waals surface area contributed by atoms with Gasteiger partial charge in [0.05, 0.1) is 17.4 Å². The van der Waals surface area contributed by atoms with Crippen LogP contribution in [0.15, 0.2) is 47.2 Å². The molecule has 1 aromatic heterocycles. The van der Waals surface area contributed by atoms with Gasteiger partial charge in [0.1, 0.15) is 0 Å². The summed E-state index contributed by atoms with van der Waals surface area (Å²) in [5.41, 5.74) is 4.70. The zero-order valence-electron chi connectivity index (χ0n) is 12.5. The van der Waals surface area contributed by atoms with E-state index < -0.39 is 0 Å². The smallest absolute Gasteiger partial charge is 0.0931 e. The maximum Gasteiger partial charge on any atom is 0.0931 e. The minimum atomic E-state index is 0.353. The summed E-state index contributed by atoms with van der Waals surface area (Å²) < 4.78 is 1.01. The molecule has 0 bridgehead atoms. The molecule has 2 N–H and O–H groups in total. The number of halogens is 2. The Hall–Kier alpha value is -1.36. The molecule has 23 heavy (non-hydrogen) atoms. The Bertz CT molecular complexity index is 845. The van der Waals surface area contributed by atoms with E-state index in [0.717, 1.165) is 40.0 Å². The third-order valence-corrected chi connectivity index (χ3v) is 5.55. The molecule has 0 amide bonds. The molecule has 0 aliphatic carbocycles. The first kappa shape index (κ1) is 15.2. The van der Waals surface area contributed by atoms with E-state index in [0.29, 0.717) is 11.8 Å². The molecule has 0 radical (unpaired) electrons. The quantitative estimate of drug-likeness (QED) is 0.657. The third kappa shape index (κ3) is 2.80. The molecule has 1 fully saturated rings. The van der Waals surface area contributed by atoms with Gasteiger partial charge in [-0.1, -0.05) is 45.7 Å². The second-order valence-corrected chi connectivity index (χ2v) is 7.34. The van der Waals surface area contributed by atoms with Crippen LogP contribution in [0.25, 0.3) is 11.0 Å². The lowest BCUT2D eigenvalue weighted by Crippen LogP contribution is -2.34. The molecular weight excluding hydrogens is 374 g/mol. The van der Waals surface area contributed by atoms with Crippen LogP contribution in [0.2, 0.25) is 5.02 Å². The predicted molar refractivity (Wildman–Crippen MR) is 98.2 cm³/mol. The van der Waals surface area contributed by atoms with Gasteiger partial charge < -0.3 is 10.3 Å². The number of H-pyrrole nitrogens is 1. The minimum Gasteiger partial charge on any atom is -0.345 e. The number of para-hydroxylation sites is 1. The number of benzene rings is 2. The summed E-state index contributed by atoms with van der Waals surface area (Å²) in [6.07, 6.45) is 2.86. The van der Waals surface area contributed by atoms with Crippen molar-refractivity contribution in [2.75, 3.05) is 13.1 Å². The Morgan fingerprint density at radius 2 is 2.04 bits per heavy atom. The number of fused-ring (bicyclic) bond motifs is 1. The average molecular weight is 391 g/mol. The SMILES string of the molecule is Clc1cc(Br)ccc1[C@@H]1CNCC[C@H]1c1cccc2[nH]cnc12. The van der Waals surface area contributed by atoms with E-state index in [1.807, 2.05) is 6.07 Å². The Kier molecular flexibility index (Phi) is 4.14. The summed E-state index contributed by atoms with van der Waals surface area (Å²) >= 11 is 10.0. The summed E-state index contributed by atoms with van der Waals surface area (Å²) in [5.74, 6) is 0.772. The van der Waals surface area contributed by atoms with Crippen molar-refractivity contribution in [1.29, 1.82) is 0 Å². The molecule has 1 aliphatic rings. The highest BCUT2D eigenvalue weighted by Gasteiger charge is 2.30. The molecular formula is C18H17BrClN3. The van der Waals surface area contributed by atoms with Gasteiger partial charge in [0, 0.05) is 22.0 Å². The summed E-state index contributed by atoms with van der Waals surface area (Å²) in [7, 11) is 0. The number of nitrogens with zero attached hydrogens (tertiary/aromatic N) is 1. The molecule has 4 rings (SSSR count). The van der Waals surface area contributed by atoms with E-state index in [2.05, 4.69) is 61.5 Å². The fourth-order valence-corrected chi connectivity index (χ4v) is 4.46. The van der Waals surface area contributed by atoms with Crippen molar-refractivity contribution in [3.63, 3.8) is 0 Å². The molecule has 0 spiro atoms. The third-order valence-electron chi connectivity index (χ3n) is 4.72. The Morgan fingerprint density at radius 1 is 1.13 bits per heavy atom. The van der Waals surface area contributed by atoms with Crippen LogP contribution >= 0.6 is 27.5 Å². The van der Waals surface area contributed by atoms with E-state index in [-0.39, 0.29) is 0 Å². The van der Waals surface area contributed by atoms with Gasteiger partial charge in [0.15, 0.2) is 0 Å². The van der Waals surface area contributed by atoms with Gasteiger partial charge in [-0.05, 0) is 48.2 Å².